The van der Waals surface area contributed by atoms with E-state index in [-0.39, 0.29) is 30.3 Å². The summed E-state index contributed by atoms with van der Waals surface area (Å²) >= 11 is 3.09. The van der Waals surface area contributed by atoms with Crippen LogP contribution in [0.15, 0.2) is 27.6 Å². The molecule has 1 aromatic rings. The number of nitrogens with two attached hydrogens (primary N) is 1. The van der Waals surface area contributed by atoms with Gasteiger partial charge in [-0.15, -0.1) is 12.4 Å². The lowest BCUT2D eigenvalue weighted by Crippen LogP contribution is -2.27. The first-order valence-electron chi connectivity index (χ1n) is 3.29. The predicted molar refractivity (Wildman–Crippen MR) is 57.6 cm³/mol. The van der Waals surface area contributed by atoms with Gasteiger partial charge in [-0.2, -0.15) is 0 Å². The number of hydrogen-bond acceptors (Lipinski definition) is 2. The highest BCUT2D eigenvalue weighted by molar-refractivity contribution is 9.10. The summed E-state index contributed by atoms with van der Waals surface area (Å²) in [5.41, 5.74) is 4.98. The van der Waals surface area contributed by atoms with Crippen LogP contribution in [0.25, 0.3) is 0 Å². The van der Waals surface area contributed by atoms with Gasteiger partial charge in [-0.05, 0) is 28.1 Å². The maximum absolute atomic E-state index is 11.3. The summed E-state index contributed by atoms with van der Waals surface area (Å²) in [6.07, 6.45) is 1.59. The van der Waals surface area contributed by atoms with E-state index in [1.807, 2.05) is 0 Å². The molecular formula is C7H9BrClN3O. The largest absolute Gasteiger partial charge is 0.386 e. The van der Waals surface area contributed by atoms with Gasteiger partial charge in [-0.3, -0.25) is 10.2 Å². The molecule has 0 radical (unpaired) electrons. The molecule has 1 rings (SSSR count). The van der Waals surface area contributed by atoms with E-state index in [0.717, 1.165) is 0 Å². The number of rotatable bonds is 2. The average molecular weight is 267 g/mol. The van der Waals surface area contributed by atoms with Crippen molar-refractivity contribution in [1.29, 1.82) is 5.41 Å². The van der Waals surface area contributed by atoms with Gasteiger partial charge in [-0.25, -0.2) is 0 Å². The second kappa shape index (κ2) is 5.04. The smallest absolute Gasteiger partial charge is 0.265 e. The molecule has 0 bridgehead atoms. The average Bonchev–Trinajstić information content (AvgIpc) is 1.98. The molecule has 0 spiro atoms. The number of amidine groups is 1. The van der Waals surface area contributed by atoms with Crippen molar-refractivity contribution in [1.82, 2.24) is 4.57 Å². The zero-order chi connectivity index (χ0) is 9.14. The minimum Gasteiger partial charge on any atom is -0.386 e. The van der Waals surface area contributed by atoms with Crippen LogP contribution in [0, 0.1) is 5.41 Å². The molecule has 0 atom stereocenters. The monoisotopic (exact) mass is 265 g/mol. The Morgan fingerprint density at radius 1 is 1.69 bits per heavy atom. The van der Waals surface area contributed by atoms with Gasteiger partial charge in [-0.1, -0.05) is 0 Å². The molecule has 4 nitrogen and oxygen atoms in total. The Kier molecular flexibility index (Phi) is 4.72. The summed E-state index contributed by atoms with van der Waals surface area (Å²) in [5, 5.41) is 7.00. The van der Waals surface area contributed by atoms with Crippen LogP contribution in [-0.2, 0) is 6.54 Å². The van der Waals surface area contributed by atoms with Crippen LogP contribution >= 0.6 is 28.3 Å². The van der Waals surface area contributed by atoms with E-state index in [1.54, 1.807) is 18.3 Å². The van der Waals surface area contributed by atoms with Gasteiger partial charge < -0.3 is 10.3 Å². The summed E-state index contributed by atoms with van der Waals surface area (Å²) in [6, 6.07) is 3.37. The van der Waals surface area contributed by atoms with Crippen LogP contribution in [0.2, 0.25) is 0 Å². The van der Waals surface area contributed by atoms with Crippen LogP contribution in [-0.4, -0.2) is 10.4 Å². The third-order valence-electron chi connectivity index (χ3n) is 1.31. The van der Waals surface area contributed by atoms with E-state index < -0.39 is 0 Å². The Hall–Kier alpha value is -0.810. The first kappa shape index (κ1) is 12.2. The molecule has 0 aliphatic rings. The lowest BCUT2D eigenvalue weighted by atomic mass is 10.4. The van der Waals surface area contributed by atoms with Crippen molar-refractivity contribution in [3.8, 4) is 0 Å². The number of nitrogens with zero attached hydrogens (tertiary/aromatic N) is 1. The van der Waals surface area contributed by atoms with Crippen LogP contribution in [0.4, 0.5) is 0 Å². The zero-order valence-corrected chi connectivity index (χ0v) is 9.06. The molecule has 0 saturated heterocycles. The molecule has 0 saturated carbocycles. The van der Waals surface area contributed by atoms with Gasteiger partial charge in [0.25, 0.3) is 5.56 Å². The van der Waals surface area contributed by atoms with E-state index in [1.165, 1.54) is 4.57 Å². The SMILES string of the molecule is Cl.N=C(N)Cn1cccc(Br)c1=O. The molecule has 0 amide bonds. The summed E-state index contributed by atoms with van der Waals surface area (Å²) in [7, 11) is 0. The standard InChI is InChI=1S/C7H8BrN3O.ClH/c8-5-2-1-3-11(7(5)12)4-6(9)10;/h1-3H,4H2,(H3,9,10);1H. The van der Waals surface area contributed by atoms with Gasteiger partial charge in [0.05, 0.1) is 11.0 Å². The minimum atomic E-state index is -0.173. The fourth-order valence-corrected chi connectivity index (χ4v) is 1.20. The van der Waals surface area contributed by atoms with Crippen LogP contribution in [0.1, 0.15) is 0 Å². The van der Waals surface area contributed by atoms with Gasteiger partial charge >= 0.3 is 0 Å². The van der Waals surface area contributed by atoms with Gasteiger partial charge in [0.15, 0.2) is 0 Å². The zero-order valence-electron chi connectivity index (χ0n) is 6.66. The minimum absolute atomic E-state index is 0. The molecule has 0 aromatic carbocycles. The lowest BCUT2D eigenvalue weighted by Gasteiger charge is -2.02. The molecular weight excluding hydrogens is 257 g/mol. The second-order valence-corrected chi connectivity index (χ2v) is 3.17. The third kappa shape index (κ3) is 3.20. The summed E-state index contributed by atoms with van der Waals surface area (Å²) in [4.78, 5) is 11.3. The van der Waals surface area contributed by atoms with E-state index in [4.69, 9.17) is 11.1 Å². The van der Waals surface area contributed by atoms with Crippen LogP contribution in [0.5, 0.6) is 0 Å². The highest BCUT2D eigenvalue weighted by Crippen LogP contribution is 1.99. The fraction of sp³-hybridized carbons (Fsp3) is 0.143. The maximum atomic E-state index is 11.3. The molecule has 1 heterocycles. The number of nitrogens with one attached hydrogen (secondary N) is 1. The summed E-state index contributed by atoms with van der Waals surface area (Å²) < 4.78 is 1.85. The van der Waals surface area contributed by atoms with Crippen molar-refractivity contribution >= 4 is 34.2 Å². The van der Waals surface area contributed by atoms with Gasteiger partial charge in [0, 0.05) is 6.20 Å². The molecule has 1 aromatic heterocycles. The maximum Gasteiger partial charge on any atom is 0.265 e. The van der Waals surface area contributed by atoms with E-state index in [0.29, 0.717) is 4.47 Å². The first-order chi connectivity index (χ1) is 5.61. The number of aromatic nitrogens is 1. The van der Waals surface area contributed by atoms with Gasteiger partial charge in [0.1, 0.15) is 5.84 Å². The molecule has 0 fully saturated rings. The van der Waals surface area contributed by atoms with Crippen molar-refractivity contribution in [3.63, 3.8) is 0 Å². The molecule has 0 unspecified atom stereocenters. The molecule has 6 heteroatoms. The Bertz CT molecular complexity index is 363. The molecule has 3 N–H and O–H groups in total. The predicted octanol–water partition coefficient (Wildman–Crippen LogP) is 0.969. The molecule has 72 valence electrons. The third-order valence-corrected chi connectivity index (χ3v) is 1.92. The summed E-state index contributed by atoms with van der Waals surface area (Å²) in [6.45, 7) is 0.137. The fourth-order valence-electron chi connectivity index (χ4n) is 0.816. The first-order valence-corrected chi connectivity index (χ1v) is 4.08. The Labute approximate surface area is 89.8 Å². The number of hydrogen-bond donors (Lipinski definition) is 2. The van der Waals surface area contributed by atoms with Crippen LogP contribution in [0.3, 0.4) is 0 Å². The van der Waals surface area contributed by atoms with Gasteiger partial charge in [0.2, 0.25) is 0 Å². The summed E-state index contributed by atoms with van der Waals surface area (Å²) in [5.74, 6) is -0.0322. The Morgan fingerprint density at radius 3 is 2.85 bits per heavy atom. The van der Waals surface area contributed by atoms with E-state index in [9.17, 15) is 4.79 Å². The molecule has 13 heavy (non-hydrogen) atoms. The van der Waals surface area contributed by atoms with Crippen molar-refractivity contribution in [3.05, 3.63) is 33.2 Å². The quantitative estimate of drug-likeness (QED) is 0.618. The Morgan fingerprint density at radius 2 is 2.31 bits per heavy atom. The highest BCUT2D eigenvalue weighted by Gasteiger charge is 1.99. The van der Waals surface area contributed by atoms with E-state index in [2.05, 4.69) is 15.9 Å². The highest BCUT2D eigenvalue weighted by atomic mass is 79.9. The molecule has 0 aliphatic carbocycles. The number of halogens is 2. The van der Waals surface area contributed by atoms with Crippen molar-refractivity contribution in [2.75, 3.05) is 0 Å². The van der Waals surface area contributed by atoms with E-state index >= 15 is 0 Å². The topological polar surface area (TPSA) is 71.9 Å². The number of pyridine rings is 1. The Balaban J connectivity index is 0.00000144. The van der Waals surface area contributed by atoms with Crippen LogP contribution < -0.4 is 11.3 Å². The van der Waals surface area contributed by atoms with Crippen molar-refractivity contribution < 1.29 is 0 Å². The molecule has 0 aliphatic heterocycles. The second-order valence-electron chi connectivity index (χ2n) is 2.31. The normalized spacial score (nSPS) is 9.00. The lowest BCUT2D eigenvalue weighted by molar-refractivity contribution is 0.792. The van der Waals surface area contributed by atoms with Crippen molar-refractivity contribution in [2.45, 2.75) is 6.54 Å². The van der Waals surface area contributed by atoms with Crippen molar-refractivity contribution in [2.24, 2.45) is 5.73 Å².